The van der Waals surface area contributed by atoms with Gasteiger partial charge in [0.25, 0.3) is 5.91 Å². The fourth-order valence-electron chi connectivity index (χ4n) is 2.64. The quantitative estimate of drug-likeness (QED) is 0.406. The summed E-state index contributed by atoms with van der Waals surface area (Å²) in [5.74, 6) is 0.611. The summed E-state index contributed by atoms with van der Waals surface area (Å²) in [7, 11) is 0. The SMILES string of the molecule is CCNC(=NCc1cccc(OCC(N)=O)c1)NCc1cc(C)ccc1OC(F)F. The molecule has 0 fully saturated rings. The Hall–Kier alpha value is -3.36. The number of hydrogen-bond donors (Lipinski definition) is 3. The molecule has 9 heteroatoms. The van der Waals surface area contributed by atoms with Crippen LogP contribution in [0.4, 0.5) is 8.78 Å². The molecule has 4 N–H and O–H groups in total. The lowest BCUT2D eigenvalue weighted by molar-refractivity contribution is -0.119. The van der Waals surface area contributed by atoms with E-state index in [0.717, 1.165) is 11.1 Å². The summed E-state index contributed by atoms with van der Waals surface area (Å²) in [6, 6.07) is 12.2. The Kier molecular flexibility index (Phi) is 8.86. The molecule has 0 radical (unpaired) electrons. The molecule has 0 aromatic heterocycles. The summed E-state index contributed by atoms with van der Waals surface area (Å²) < 4.78 is 35.2. The van der Waals surface area contributed by atoms with Crippen LogP contribution in [0.1, 0.15) is 23.6 Å². The van der Waals surface area contributed by atoms with E-state index in [-0.39, 0.29) is 18.9 Å². The zero-order valence-corrected chi connectivity index (χ0v) is 17.0. The molecule has 0 spiro atoms. The number of nitrogens with zero attached hydrogens (tertiary/aromatic N) is 1. The zero-order chi connectivity index (χ0) is 21.9. The molecule has 0 heterocycles. The Morgan fingerprint density at radius 3 is 2.70 bits per heavy atom. The molecular weight excluding hydrogens is 394 g/mol. The number of benzene rings is 2. The molecule has 0 saturated carbocycles. The van der Waals surface area contributed by atoms with Crippen LogP contribution in [0.15, 0.2) is 47.5 Å². The van der Waals surface area contributed by atoms with Crippen LogP contribution >= 0.6 is 0 Å². The van der Waals surface area contributed by atoms with E-state index in [1.807, 2.05) is 19.9 Å². The first kappa shape index (κ1) is 22.9. The van der Waals surface area contributed by atoms with E-state index in [1.54, 1.807) is 30.3 Å². The molecule has 2 rings (SSSR count). The predicted molar refractivity (Wildman–Crippen MR) is 111 cm³/mol. The number of primary amides is 1. The van der Waals surface area contributed by atoms with Gasteiger partial charge in [-0.25, -0.2) is 4.99 Å². The molecule has 0 bridgehead atoms. The highest BCUT2D eigenvalue weighted by Crippen LogP contribution is 2.22. The molecular formula is C21H26F2N4O3. The second kappa shape index (κ2) is 11.6. The second-order valence-corrected chi connectivity index (χ2v) is 6.44. The van der Waals surface area contributed by atoms with Crippen LogP contribution in [0.5, 0.6) is 11.5 Å². The van der Waals surface area contributed by atoms with Crippen molar-refractivity contribution in [2.45, 2.75) is 33.5 Å². The molecule has 0 saturated heterocycles. The van der Waals surface area contributed by atoms with Crippen molar-refractivity contribution >= 4 is 11.9 Å². The minimum Gasteiger partial charge on any atom is -0.484 e. The van der Waals surface area contributed by atoms with E-state index in [4.69, 9.17) is 10.5 Å². The summed E-state index contributed by atoms with van der Waals surface area (Å²) in [5.41, 5.74) is 7.49. The van der Waals surface area contributed by atoms with Gasteiger partial charge in [-0.1, -0.05) is 29.8 Å². The highest BCUT2D eigenvalue weighted by atomic mass is 19.3. The third-order valence-electron chi connectivity index (χ3n) is 3.92. The first-order valence-corrected chi connectivity index (χ1v) is 9.44. The fraction of sp³-hybridized carbons (Fsp3) is 0.333. The summed E-state index contributed by atoms with van der Waals surface area (Å²) in [6.07, 6.45) is 0. The van der Waals surface area contributed by atoms with Crippen LogP contribution in [0.3, 0.4) is 0 Å². The summed E-state index contributed by atoms with van der Waals surface area (Å²) in [6.45, 7) is 1.94. The smallest absolute Gasteiger partial charge is 0.387 e. The number of amides is 1. The lowest BCUT2D eigenvalue weighted by atomic mass is 10.1. The first-order valence-electron chi connectivity index (χ1n) is 9.44. The van der Waals surface area contributed by atoms with Crippen molar-refractivity contribution in [1.29, 1.82) is 0 Å². The average molecular weight is 420 g/mol. The number of alkyl halides is 2. The van der Waals surface area contributed by atoms with Gasteiger partial charge in [0.2, 0.25) is 0 Å². The molecule has 2 aromatic rings. The molecule has 7 nitrogen and oxygen atoms in total. The zero-order valence-electron chi connectivity index (χ0n) is 17.0. The molecule has 0 unspecified atom stereocenters. The van der Waals surface area contributed by atoms with E-state index in [2.05, 4.69) is 20.4 Å². The molecule has 0 aliphatic carbocycles. The number of ether oxygens (including phenoxy) is 2. The van der Waals surface area contributed by atoms with E-state index < -0.39 is 12.5 Å². The lowest BCUT2D eigenvalue weighted by Crippen LogP contribution is -2.36. The highest BCUT2D eigenvalue weighted by molar-refractivity contribution is 5.79. The molecule has 2 aromatic carbocycles. The van der Waals surface area contributed by atoms with Gasteiger partial charge in [-0.3, -0.25) is 4.79 Å². The summed E-state index contributed by atoms with van der Waals surface area (Å²) in [5, 5.41) is 6.23. The minimum atomic E-state index is -2.89. The normalized spacial score (nSPS) is 11.3. The second-order valence-electron chi connectivity index (χ2n) is 6.44. The maximum absolute atomic E-state index is 12.6. The number of hydrogen-bond acceptors (Lipinski definition) is 4. The van der Waals surface area contributed by atoms with Crippen LogP contribution in [-0.2, 0) is 17.9 Å². The van der Waals surface area contributed by atoms with Crippen molar-refractivity contribution < 1.29 is 23.0 Å². The maximum Gasteiger partial charge on any atom is 0.387 e. The van der Waals surface area contributed by atoms with E-state index in [9.17, 15) is 13.6 Å². The Labute approximate surface area is 174 Å². The minimum absolute atomic E-state index is 0.123. The fourth-order valence-corrected chi connectivity index (χ4v) is 2.64. The van der Waals surface area contributed by atoms with Gasteiger partial charge in [0.15, 0.2) is 12.6 Å². The van der Waals surface area contributed by atoms with Gasteiger partial charge in [-0.15, -0.1) is 0 Å². The van der Waals surface area contributed by atoms with Crippen LogP contribution in [-0.4, -0.2) is 31.6 Å². The van der Waals surface area contributed by atoms with E-state index >= 15 is 0 Å². The standard InChI is InChI=1S/C21H26F2N4O3/c1-3-25-21(26-11-15-5-4-6-17(10-15)29-13-19(24)28)27-12-16-9-14(2)7-8-18(16)30-20(22)23/h4-10,20H,3,11-13H2,1-2H3,(H2,24,28)(H2,25,26,27). The third kappa shape index (κ3) is 7.94. The summed E-state index contributed by atoms with van der Waals surface area (Å²) in [4.78, 5) is 15.4. The van der Waals surface area contributed by atoms with Crippen LogP contribution < -0.4 is 25.8 Å². The largest absolute Gasteiger partial charge is 0.484 e. The molecule has 0 aliphatic rings. The number of aliphatic imine (C=N–C) groups is 1. The highest BCUT2D eigenvalue weighted by Gasteiger charge is 2.10. The molecule has 0 aliphatic heterocycles. The van der Waals surface area contributed by atoms with Gasteiger partial charge in [0.1, 0.15) is 11.5 Å². The van der Waals surface area contributed by atoms with Crippen molar-refractivity contribution in [2.75, 3.05) is 13.2 Å². The van der Waals surface area contributed by atoms with Crippen LogP contribution in [0, 0.1) is 6.92 Å². The van der Waals surface area contributed by atoms with Crippen LogP contribution in [0.2, 0.25) is 0 Å². The number of aryl methyl sites for hydroxylation is 1. The topological polar surface area (TPSA) is 98.0 Å². The van der Waals surface area contributed by atoms with Crippen molar-refractivity contribution in [2.24, 2.45) is 10.7 Å². The maximum atomic E-state index is 12.6. The number of rotatable bonds is 10. The van der Waals surface area contributed by atoms with Gasteiger partial charge in [0.05, 0.1) is 6.54 Å². The first-order chi connectivity index (χ1) is 14.4. The molecule has 0 atom stereocenters. The monoisotopic (exact) mass is 420 g/mol. The van der Waals surface area contributed by atoms with Crippen molar-refractivity contribution in [3.63, 3.8) is 0 Å². The lowest BCUT2D eigenvalue weighted by Gasteiger charge is -2.15. The Morgan fingerprint density at radius 1 is 1.20 bits per heavy atom. The Morgan fingerprint density at radius 2 is 2.00 bits per heavy atom. The van der Waals surface area contributed by atoms with E-state index in [1.165, 1.54) is 6.07 Å². The number of carbonyl (C=O) groups excluding carboxylic acids is 1. The molecule has 30 heavy (non-hydrogen) atoms. The molecule has 162 valence electrons. The Balaban J connectivity index is 2.06. The van der Waals surface area contributed by atoms with Crippen LogP contribution in [0.25, 0.3) is 0 Å². The van der Waals surface area contributed by atoms with Gasteiger partial charge in [-0.05, 0) is 37.6 Å². The predicted octanol–water partition coefficient (Wildman–Crippen LogP) is 2.72. The number of guanidine groups is 1. The number of nitrogens with one attached hydrogen (secondary N) is 2. The summed E-state index contributed by atoms with van der Waals surface area (Å²) >= 11 is 0. The average Bonchev–Trinajstić information content (AvgIpc) is 2.70. The number of nitrogens with two attached hydrogens (primary N) is 1. The Bertz CT molecular complexity index is 875. The third-order valence-corrected chi connectivity index (χ3v) is 3.92. The van der Waals surface area contributed by atoms with Gasteiger partial charge >= 0.3 is 6.61 Å². The van der Waals surface area contributed by atoms with Gasteiger partial charge < -0.3 is 25.8 Å². The molecule has 1 amide bonds. The number of halogens is 2. The van der Waals surface area contributed by atoms with Crippen molar-refractivity contribution in [3.8, 4) is 11.5 Å². The van der Waals surface area contributed by atoms with Crippen molar-refractivity contribution in [3.05, 3.63) is 59.2 Å². The van der Waals surface area contributed by atoms with E-state index in [0.29, 0.717) is 30.4 Å². The number of carbonyl (C=O) groups is 1. The van der Waals surface area contributed by atoms with Gasteiger partial charge in [0, 0.05) is 18.7 Å². The van der Waals surface area contributed by atoms with Gasteiger partial charge in [-0.2, -0.15) is 8.78 Å². The van der Waals surface area contributed by atoms with Crippen molar-refractivity contribution in [1.82, 2.24) is 10.6 Å².